The zero-order valence-corrected chi connectivity index (χ0v) is 11.1. The van der Waals surface area contributed by atoms with Gasteiger partial charge in [-0.05, 0) is 36.8 Å². The highest BCUT2D eigenvalue weighted by molar-refractivity contribution is 6.34. The molecule has 3 nitrogen and oxygen atoms in total. The lowest BCUT2D eigenvalue weighted by molar-refractivity contribution is 0.198. The third kappa shape index (κ3) is 3.35. The number of aliphatic hydroxyl groups is 1. The lowest BCUT2D eigenvalue weighted by atomic mass is 10.2. The zero-order valence-electron chi connectivity index (χ0n) is 9.60. The Kier molecular flexibility index (Phi) is 4.07. The maximum atomic E-state index is 9.36. The molecule has 2 aromatic rings. The molecular weight excluding hydrogens is 273 g/mol. The monoisotopic (exact) mass is 283 g/mol. The molecular formula is C13H11Cl2NO2. The molecule has 1 unspecified atom stereocenters. The molecule has 0 bridgehead atoms. The summed E-state index contributed by atoms with van der Waals surface area (Å²) in [6.07, 6.45) is 1.01. The second-order valence-corrected chi connectivity index (χ2v) is 4.69. The van der Waals surface area contributed by atoms with Gasteiger partial charge in [-0.25, -0.2) is 4.98 Å². The predicted octanol–water partition coefficient (Wildman–Crippen LogP) is 4.23. The molecule has 0 spiro atoms. The van der Waals surface area contributed by atoms with Gasteiger partial charge in [-0.15, -0.1) is 0 Å². The number of nitrogens with zero attached hydrogens (tertiary/aromatic N) is 1. The van der Waals surface area contributed by atoms with Crippen LogP contribution >= 0.6 is 23.2 Å². The van der Waals surface area contributed by atoms with Crippen LogP contribution in [0.25, 0.3) is 0 Å². The van der Waals surface area contributed by atoms with Crippen LogP contribution in [0.1, 0.15) is 18.6 Å². The number of aromatic nitrogens is 1. The van der Waals surface area contributed by atoms with Crippen LogP contribution < -0.4 is 4.74 Å². The van der Waals surface area contributed by atoms with Crippen molar-refractivity contribution >= 4 is 23.2 Å². The molecule has 0 saturated carbocycles. The molecule has 0 fully saturated rings. The average molecular weight is 284 g/mol. The van der Waals surface area contributed by atoms with E-state index in [1.54, 1.807) is 43.5 Å². The Morgan fingerprint density at radius 1 is 1.17 bits per heavy atom. The molecule has 1 heterocycles. The van der Waals surface area contributed by atoms with Gasteiger partial charge in [-0.1, -0.05) is 23.2 Å². The Labute approximate surface area is 115 Å². The van der Waals surface area contributed by atoms with Crippen molar-refractivity contribution in [2.75, 3.05) is 0 Å². The Hall–Kier alpha value is -1.29. The lowest BCUT2D eigenvalue weighted by Gasteiger charge is -2.07. The van der Waals surface area contributed by atoms with Gasteiger partial charge in [0.05, 0.1) is 6.10 Å². The summed E-state index contributed by atoms with van der Waals surface area (Å²) in [4.78, 5) is 4.09. The number of pyridine rings is 1. The number of hydrogen-bond donors (Lipinski definition) is 1. The predicted molar refractivity (Wildman–Crippen MR) is 71.4 cm³/mol. The number of hydrogen-bond acceptors (Lipinski definition) is 3. The first-order valence-electron chi connectivity index (χ1n) is 5.32. The van der Waals surface area contributed by atoms with E-state index in [-0.39, 0.29) is 0 Å². The SMILES string of the molecule is CC(O)c1ccc(Oc2cc(Cl)cc(Cl)c2)nc1. The standard InChI is InChI=1S/C13H11Cl2NO2/c1-8(17)9-2-3-13(16-7-9)18-12-5-10(14)4-11(15)6-12/h2-8,17H,1H3. The summed E-state index contributed by atoms with van der Waals surface area (Å²) >= 11 is 11.7. The zero-order chi connectivity index (χ0) is 13.1. The van der Waals surface area contributed by atoms with Crippen LogP contribution in [0, 0.1) is 0 Å². The molecule has 0 aliphatic carbocycles. The van der Waals surface area contributed by atoms with Gasteiger partial charge >= 0.3 is 0 Å². The van der Waals surface area contributed by atoms with Gasteiger partial charge in [-0.2, -0.15) is 0 Å². The molecule has 18 heavy (non-hydrogen) atoms. The molecule has 0 amide bonds. The number of ether oxygens (including phenoxy) is 1. The molecule has 1 atom stereocenters. The van der Waals surface area contributed by atoms with E-state index in [0.29, 0.717) is 21.7 Å². The van der Waals surface area contributed by atoms with Crippen molar-refractivity contribution in [3.8, 4) is 11.6 Å². The van der Waals surface area contributed by atoms with Crippen LogP contribution in [0.15, 0.2) is 36.5 Å². The summed E-state index contributed by atoms with van der Waals surface area (Å²) in [5.74, 6) is 0.933. The summed E-state index contributed by atoms with van der Waals surface area (Å²) in [5, 5.41) is 10.4. The highest BCUT2D eigenvalue weighted by Gasteiger charge is 2.04. The van der Waals surface area contributed by atoms with E-state index < -0.39 is 6.10 Å². The van der Waals surface area contributed by atoms with Gasteiger partial charge in [0.1, 0.15) is 5.75 Å². The van der Waals surface area contributed by atoms with Crippen molar-refractivity contribution in [2.24, 2.45) is 0 Å². The van der Waals surface area contributed by atoms with Crippen LogP contribution in [0.4, 0.5) is 0 Å². The minimum absolute atomic E-state index is 0.415. The fourth-order valence-electron chi connectivity index (χ4n) is 1.41. The molecule has 1 aromatic heterocycles. The molecule has 94 valence electrons. The molecule has 1 aromatic carbocycles. The van der Waals surface area contributed by atoms with Crippen LogP contribution in [0.3, 0.4) is 0 Å². The highest BCUT2D eigenvalue weighted by atomic mass is 35.5. The molecule has 0 aliphatic heterocycles. The summed E-state index contributed by atoms with van der Waals surface area (Å²) in [6, 6.07) is 8.35. The van der Waals surface area contributed by atoms with Gasteiger partial charge in [-0.3, -0.25) is 0 Å². The summed E-state index contributed by atoms with van der Waals surface area (Å²) in [7, 11) is 0. The molecule has 0 aliphatic rings. The van der Waals surface area contributed by atoms with Crippen LogP contribution in [0.5, 0.6) is 11.6 Å². The Balaban J connectivity index is 2.18. The highest BCUT2D eigenvalue weighted by Crippen LogP contribution is 2.27. The third-order valence-electron chi connectivity index (χ3n) is 2.30. The van der Waals surface area contributed by atoms with Crippen molar-refractivity contribution in [3.63, 3.8) is 0 Å². The first-order valence-corrected chi connectivity index (χ1v) is 6.08. The minimum atomic E-state index is -0.549. The molecule has 0 saturated heterocycles. The van der Waals surface area contributed by atoms with Crippen LogP contribution in [-0.4, -0.2) is 10.1 Å². The number of rotatable bonds is 3. The third-order valence-corrected chi connectivity index (χ3v) is 2.74. The second kappa shape index (κ2) is 5.57. The first-order chi connectivity index (χ1) is 8.54. The largest absolute Gasteiger partial charge is 0.439 e. The Bertz CT molecular complexity index is 521. The average Bonchev–Trinajstić information content (AvgIpc) is 2.28. The van der Waals surface area contributed by atoms with Crippen molar-refractivity contribution in [1.82, 2.24) is 4.98 Å². The molecule has 2 rings (SSSR count). The topological polar surface area (TPSA) is 42.4 Å². The van der Waals surface area contributed by atoms with E-state index in [9.17, 15) is 5.11 Å². The normalized spacial score (nSPS) is 12.2. The second-order valence-electron chi connectivity index (χ2n) is 3.81. The molecule has 1 N–H and O–H groups in total. The van der Waals surface area contributed by atoms with Gasteiger partial charge < -0.3 is 9.84 Å². The van der Waals surface area contributed by atoms with E-state index >= 15 is 0 Å². The van der Waals surface area contributed by atoms with Crippen molar-refractivity contribution in [1.29, 1.82) is 0 Å². The van der Waals surface area contributed by atoms with E-state index in [1.165, 1.54) is 0 Å². The van der Waals surface area contributed by atoms with Gasteiger partial charge in [0.25, 0.3) is 0 Å². The number of aliphatic hydroxyl groups excluding tert-OH is 1. The van der Waals surface area contributed by atoms with Gasteiger partial charge in [0.2, 0.25) is 5.88 Å². The van der Waals surface area contributed by atoms with E-state index in [0.717, 1.165) is 5.56 Å². The Morgan fingerprint density at radius 3 is 2.33 bits per heavy atom. The Morgan fingerprint density at radius 2 is 1.83 bits per heavy atom. The fourth-order valence-corrected chi connectivity index (χ4v) is 1.91. The van der Waals surface area contributed by atoms with Crippen molar-refractivity contribution in [2.45, 2.75) is 13.0 Å². The summed E-state index contributed by atoms with van der Waals surface area (Å²) in [5.41, 5.74) is 0.728. The quantitative estimate of drug-likeness (QED) is 0.916. The van der Waals surface area contributed by atoms with E-state index in [2.05, 4.69) is 4.98 Å². The van der Waals surface area contributed by atoms with E-state index in [1.807, 2.05) is 0 Å². The van der Waals surface area contributed by atoms with Crippen LogP contribution in [0.2, 0.25) is 10.0 Å². The van der Waals surface area contributed by atoms with E-state index in [4.69, 9.17) is 27.9 Å². The van der Waals surface area contributed by atoms with Gasteiger partial charge in [0.15, 0.2) is 0 Å². The number of halogens is 2. The maximum Gasteiger partial charge on any atom is 0.219 e. The van der Waals surface area contributed by atoms with Crippen LogP contribution in [-0.2, 0) is 0 Å². The first kappa shape index (κ1) is 13.1. The molecule has 0 radical (unpaired) electrons. The summed E-state index contributed by atoms with van der Waals surface area (Å²) < 4.78 is 5.51. The fraction of sp³-hybridized carbons (Fsp3) is 0.154. The number of benzene rings is 1. The molecule has 5 heteroatoms. The van der Waals surface area contributed by atoms with Gasteiger partial charge in [0, 0.05) is 22.3 Å². The van der Waals surface area contributed by atoms with Crippen molar-refractivity contribution < 1.29 is 9.84 Å². The van der Waals surface area contributed by atoms with Crippen molar-refractivity contribution in [3.05, 3.63) is 52.1 Å². The maximum absolute atomic E-state index is 9.36. The lowest BCUT2D eigenvalue weighted by Crippen LogP contribution is -1.93. The minimum Gasteiger partial charge on any atom is -0.439 e. The summed E-state index contributed by atoms with van der Waals surface area (Å²) in [6.45, 7) is 1.67. The smallest absolute Gasteiger partial charge is 0.219 e.